The molecule has 1 aliphatic carbocycles. The molecule has 1 aliphatic rings. The van der Waals surface area contributed by atoms with Crippen LogP contribution < -0.4 is 9.64 Å². The molecule has 1 saturated carbocycles. The summed E-state index contributed by atoms with van der Waals surface area (Å²) in [7, 11) is 1.56. The Morgan fingerprint density at radius 3 is 2.44 bits per heavy atom. The lowest BCUT2D eigenvalue weighted by Gasteiger charge is -2.37. The number of ketones is 1. The maximum atomic E-state index is 15.1. The molecular formula is C28H29FN2O3. The molecule has 1 fully saturated rings. The van der Waals surface area contributed by atoms with Gasteiger partial charge in [0.25, 0.3) is 0 Å². The van der Waals surface area contributed by atoms with Crippen molar-refractivity contribution in [2.45, 2.75) is 51.5 Å². The predicted octanol–water partition coefficient (Wildman–Crippen LogP) is 6.01. The van der Waals surface area contributed by atoms with E-state index in [1.807, 2.05) is 30.3 Å². The van der Waals surface area contributed by atoms with E-state index in [1.165, 1.54) is 6.07 Å². The Morgan fingerprint density at radius 1 is 1.09 bits per heavy atom. The number of Topliss-reactive ketones (excluding diaryl/α,β-unsaturated/α-hetero) is 1. The second-order valence-corrected chi connectivity index (χ2v) is 8.54. The van der Waals surface area contributed by atoms with E-state index in [4.69, 9.17) is 4.74 Å². The zero-order chi connectivity index (χ0) is 24.1. The van der Waals surface area contributed by atoms with Crippen LogP contribution in [0.4, 0.5) is 10.1 Å². The van der Waals surface area contributed by atoms with Gasteiger partial charge >= 0.3 is 0 Å². The van der Waals surface area contributed by atoms with Gasteiger partial charge in [-0.25, -0.2) is 9.37 Å². The van der Waals surface area contributed by atoms with Crippen molar-refractivity contribution in [2.75, 3.05) is 12.0 Å². The Bertz CT molecular complexity index is 1170. The highest BCUT2D eigenvalue weighted by molar-refractivity contribution is 5.97. The molecule has 1 heterocycles. The third-order valence-electron chi connectivity index (χ3n) is 6.42. The summed E-state index contributed by atoms with van der Waals surface area (Å²) in [5, 5.41) is 0. The lowest BCUT2D eigenvalue weighted by molar-refractivity contribution is -0.119. The SMILES string of the molecule is CCC(=O)N(c1ccc(-c2ccc(C(=O)CCc3cccnc3OC)cc2)cc1F)C1CCC1. The van der Waals surface area contributed by atoms with E-state index >= 15 is 4.39 Å². The van der Waals surface area contributed by atoms with Gasteiger partial charge in [0, 0.05) is 36.2 Å². The number of nitrogens with zero attached hydrogens (tertiary/aromatic N) is 2. The fraction of sp³-hybridized carbons (Fsp3) is 0.321. The van der Waals surface area contributed by atoms with Crippen LogP contribution in [0.25, 0.3) is 11.1 Å². The Balaban J connectivity index is 1.46. The molecule has 0 N–H and O–H groups in total. The van der Waals surface area contributed by atoms with Crippen LogP contribution in [0.1, 0.15) is 54.9 Å². The van der Waals surface area contributed by atoms with E-state index in [9.17, 15) is 9.59 Å². The van der Waals surface area contributed by atoms with Crippen LogP contribution >= 0.6 is 0 Å². The van der Waals surface area contributed by atoms with Gasteiger partial charge in [0.15, 0.2) is 5.78 Å². The topological polar surface area (TPSA) is 59.5 Å². The Morgan fingerprint density at radius 2 is 1.82 bits per heavy atom. The summed E-state index contributed by atoms with van der Waals surface area (Å²) in [4.78, 5) is 30.9. The third-order valence-corrected chi connectivity index (χ3v) is 6.42. The highest BCUT2D eigenvalue weighted by atomic mass is 19.1. The monoisotopic (exact) mass is 460 g/mol. The lowest BCUT2D eigenvalue weighted by atomic mass is 9.90. The van der Waals surface area contributed by atoms with Crippen LogP contribution in [0.3, 0.4) is 0 Å². The maximum Gasteiger partial charge on any atom is 0.227 e. The number of hydrogen-bond donors (Lipinski definition) is 0. The molecule has 6 heteroatoms. The molecule has 0 radical (unpaired) electrons. The minimum Gasteiger partial charge on any atom is -0.481 e. The molecule has 3 aromatic rings. The molecule has 0 unspecified atom stereocenters. The van der Waals surface area contributed by atoms with Crippen molar-refractivity contribution in [3.63, 3.8) is 0 Å². The van der Waals surface area contributed by atoms with Crippen molar-refractivity contribution >= 4 is 17.4 Å². The molecule has 5 nitrogen and oxygen atoms in total. The Hall–Kier alpha value is -3.54. The molecule has 2 aromatic carbocycles. The lowest BCUT2D eigenvalue weighted by Crippen LogP contribution is -2.44. The molecule has 1 amide bonds. The number of aryl methyl sites for hydroxylation is 1. The van der Waals surface area contributed by atoms with Gasteiger partial charge in [0.1, 0.15) is 5.82 Å². The number of rotatable bonds is 9. The van der Waals surface area contributed by atoms with Crippen molar-refractivity contribution in [1.29, 1.82) is 0 Å². The summed E-state index contributed by atoms with van der Waals surface area (Å²) < 4.78 is 20.3. The number of methoxy groups -OCH3 is 1. The van der Waals surface area contributed by atoms with E-state index in [-0.39, 0.29) is 17.7 Å². The number of amides is 1. The first kappa shape index (κ1) is 23.6. The highest BCUT2D eigenvalue weighted by Gasteiger charge is 2.30. The summed E-state index contributed by atoms with van der Waals surface area (Å²) in [5.41, 5.74) is 3.36. The van der Waals surface area contributed by atoms with E-state index in [2.05, 4.69) is 4.98 Å². The number of benzene rings is 2. The summed E-state index contributed by atoms with van der Waals surface area (Å²) in [6, 6.07) is 16.0. The summed E-state index contributed by atoms with van der Waals surface area (Å²) in [6.45, 7) is 1.80. The van der Waals surface area contributed by atoms with Gasteiger partial charge in [-0.15, -0.1) is 0 Å². The van der Waals surface area contributed by atoms with Crippen molar-refractivity contribution in [3.8, 4) is 17.0 Å². The molecule has 0 aliphatic heterocycles. The first-order chi connectivity index (χ1) is 16.5. The molecular weight excluding hydrogens is 431 g/mol. The standard InChI is InChI=1S/C28H29FN2O3/c1-3-27(33)31(23-7-4-8-23)25-15-13-22(18-24(25)29)19-9-11-20(12-10-19)26(32)16-14-21-6-5-17-30-28(21)34-2/h5-6,9-13,15,17-18,23H,3-4,7-8,14,16H2,1-2H3. The second kappa shape index (κ2) is 10.6. The van der Waals surface area contributed by atoms with Crippen LogP contribution in [0.15, 0.2) is 60.8 Å². The number of halogens is 1. The minimum absolute atomic E-state index is 0.0215. The minimum atomic E-state index is -0.406. The normalized spacial score (nSPS) is 13.3. The van der Waals surface area contributed by atoms with Crippen molar-refractivity contribution in [1.82, 2.24) is 4.98 Å². The summed E-state index contributed by atoms with van der Waals surface area (Å²) in [5.74, 6) is 0.0979. The van der Waals surface area contributed by atoms with Crippen LogP contribution in [0, 0.1) is 5.82 Å². The summed E-state index contributed by atoms with van der Waals surface area (Å²) >= 11 is 0. The van der Waals surface area contributed by atoms with Crippen LogP contribution in [0.2, 0.25) is 0 Å². The van der Waals surface area contributed by atoms with Gasteiger partial charge in [0.2, 0.25) is 11.8 Å². The quantitative estimate of drug-likeness (QED) is 0.367. The maximum absolute atomic E-state index is 15.1. The van der Waals surface area contributed by atoms with Gasteiger partial charge in [-0.3, -0.25) is 9.59 Å². The largest absolute Gasteiger partial charge is 0.481 e. The zero-order valence-corrected chi connectivity index (χ0v) is 19.6. The zero-order valence-electron chi connectivity index (χ0n) is 19.6. The number of carbonyl (C=O) groups is 2. The predicted molar refractivity (Wildman–Crippen MR) is 131 cm³/mol. The van der Waals surface area contributed by atoms with E-state index in [0.717, 1.165) is 30.4 Å². The van der Waals surface area contributed by atoms with Gasteiger partial charge in [-0.1, -0.05) is 43.3 Å². The Labute approximate surface area is 199 Å². The number of ether oxygens (including phenoxy) is 1. The molecule has 4 rings (SSSR count). The number of aromatic nitrogens is 1. The van der Waals surface area contributed by atoms with E-state index in [1.54, 1.807) is 43.3 Å². The third kappa shape index (κ3) is 5.01. The average Bonchev–Trinajstić information content (AvgIpc) is 2.84. The fourth-order valence-corrected chi connectivity index (χ4v) is 4.27. The number of anilines is 1. The molecule has 0 atom stereocenters. The fourth-order valence-electron chi connectivity index (χ4n) is 4.27. The van der Waals surface area contributed by atoms with Crippen LogP contribution in [-0.4, -0.2) is 29.8 Å². The molecule has 34 heavy (non-hydrogen) atoms. The number of carbonyl (C=O) groups excluding carboxylic acids is 2. The van der Waals surface area contributed by atoms with E-state index in [0.29, 0.717) is 42.0 Å². The molecule has 1 aromatic heterocycles. The number of hydrogen-bond acceptors (Lipinski definition) is 4. The summed E-state index contributed by atoms with van der Waals surface area (Å²) in [6.07, 6.45) is 5.78. The molecule has 0 bridgehead atoms. The average molecular weight is 461 g/mol. The molecule has 0 spiro atoms. The van der Waals surface area contributed by atoms with E-state index < -0.39 is 5.82 Å². The highest BCUT2D eigenvalue weighted by Crippen LogP contribution is 2.34. The molecule has 176 valence electrons. The van der Waals surface area contributed by atoms with Crippen LogP contribution in [-0.2, 0) is 11.2 Å². The van der Waals surface area contributed by atoms with Crippen LogP contribution in [0.5, 0.6) is 5.88 Å². The Kier molecular flexibility index (Phi) is 7.36. The molecule has 0 saturated heterocycles. The van der Waals surface area contributed by atoms with Crippen molar-refractivity contribution in [3.05, 3.63) is 77.7 Å². The first-order valence-electron chi connectivity index (χ1n) is 11.7. The van der Waals surface area contributed by atoms with Crippen molar-refractivity contribution in [2.24, 2.45) is 0 Å². The van der Waals surface area contributed by atoms with Gasteiger partial charge < -0.3 is 9.64 Å². The first-order valence-corrected chi connectivity index (χ1v) is 11.7. The smallest absolute Gasteiger partial charge is 0.227 e. The second-order valence-electron chi connectivity index (χ2n) is 8.54. The van der Waals surface area contributed by atoms with Crippen molar-refractivity contribution < 1.29 is 18.7 Å². The van der Waals surface area contributed by atoms with Gasteiger partial charge in [0.05, 0.1) is 12.8 Å². The van der Waals surface area contributed by atoms with Gasteiger partial charge in [-0.05, 0) is 55.0 Å². The number of pyridine rings is 1. The van der Waals surface area contributed by atoms with Gasteiger partial charge in [-0.2, -0.15) is 0 Å².